The molecule has 0 saturated carbocycles. The highest BCUT2D eigenvalue weighted by Crippen LogP contribution is 2.36. The van der Waals surface area contributed by atoms with Gasteiger partial charge < -0.3 is 9.53 Å². The Kier molecular flexibility index (Phi) is 6.29. The van der Waals surface area contributed by atoms with Crippen molar-refractivity contribution in [1.82, 2.24) is 0 Å². The van der Waals surface area contributed by atoms with Gasteiger partial charge in [0.2, 0.25) is 0 Å². The Morgan fingerprint density at radius 1 is 1.21 bits per heavy atom. The maximum Gasteiger partial charge on any atom is 0.192 e. The Labute approximate surface area is 120 Å². The van der Waals surface area contributed by atoms with Crippen molar-refractivity contribution < 1.29 is 9.53 Å². The van der Waals surface area contributed by atoms with Crippen molar-refractivity contribution in [3.8, 4) is 0 Å². The summed E-state index contributed by atoms with van der Waals surface area (Å²) in [5.41, 5.74) is 4.10. The van der Waals surface area contributed by atoms with Gasteiger partial charge in [-0.15, -0.1) is 5.73 Å². The van der Waals surface area contributed by atoms with Crippen molar-refractivity contribution in [3.05, 3.63) is 17.4 Å². The van der Waals surface area contributed by atoms with Gasteiger partial charge in [0.1, 0.15) is 6.10 Å². The monoisotopic (exact) mass is 284 g/mol. The quantitative estimate of drug-likeness (QED) is 0.607. The predicted octanol–water partition coefficient (Wildman–Crippen LogP) is 4.52. The fourth-order valence-electron chi connectivity index (χ4n) is 1.06. The molecule has 0 aliphatic heterocycles. The van der Waals surface area contributed by atoms with E-state index < -0.39 is 14.4 Å². The van der Waals surface area contributed by atoms with Gasteiger partial charge in [0.25, 0.3) is 0 Å². The molecule has 1 N–H and O–H groups in total. The molecule has 0 bridgehead atoms. The van der Waals surface area contributed by atoms with Gasteiger partial charge in [0, 0.05) is 0 Å². The molecule has 0 aliphatic carbocycles. The van der Waals surface area contributed by atoms with Crippen LogP contribution in [0.25, 0.3) is 0 Å². The Morgan fingerprint density at radius 3 is 2.05 bits per heavy atom. The summed E-state index contributed by atoms with van der Waals surface area (Å²) in [6, 6.07) is 0. The molecule has 19 heavy (non-hydrogen) atoms. The molecule has 0 aromatic rings. The highest BCUT2D eigenvalue weighted by Gasteiger charge is 2.37. The molecule has 1 atom stereocenters. The molecule has 3 heteroatoms. The molecule has 0 aliphatic rings. The largest absolute Gasteiger partial charge is 0.414 e. The summed E-state index contributed by atoms with van der Waals surface area (Å²) in [6.07, 6.45) is 1.44. The highest BCUT2D eigenvalue weighted by molar-refractivity contribution is 6.74. The zero-order valence-electron chi connectivity index (χ0n) is 14.2. The van der Waals surface area contributed by atoms with Crippen LogP contribution in [0.5, 0.6) is 0 Å². The van der Waals surface area contributed by atoms with E-state index in [4.69, 9.17) is 4.43 Å². The first-order valence-electron chi connectivity index (χ1n) is 7.03. The number of rotatable bonds is 4. The zero-order valence-corrected chi connectivity index (χ0v) is 15.2. The van der Waals surface area contributed by atoms with Crippen LogP contribution in [0.3, 0.4) is 0 Å². The number of hydrogen-bond acceptors (Lipinski definition) is 2. The molecular weight excluding hydrogens is 252 g/mol. The molecule has 0 fully saturated rings. The van der Waals surface area contributed by atoms with E-state index in [1.165, 1.54) is 0 Å². The highest BCUT2D eigenvalue weighted by atomic mass is 28.4. The first-order chi connectivity index (χ1) is 8.26. The average molecular weight is 285 g/mol. The molecule has 0 aromatic heterocycles. The topological polar surface area (TPSA) is 29.5 Å². The van der Waals surface area contributed by atoms with Crippen LogP contribution >= 0.6 is 0 Å². The van der Waals surface area contributed by atoms with Crippen LogP contribution in [0.2, 0.25) is 18.1 Å². The first-order valence-corrected chi connectivity index (χ1v) is 9.93. The van der Waals surface area contributed by atoms with Crippen molar-refractivity contribution in [2.75, 3.05) is 6.61 Å². The van der Waals surface area contributed by atoms with Crippen LogP contribution in [0.1, 0.15) is 48.5 Å². The standard InChI is InChI=1S/C16H32O2Si/c1-13(10-11-15(2,3)4)14(17)12-18-19(8,9)16(5,6)7/h11,14,17H,12H2,1-9H3/t10?,14-/m0/s1. The molecule has 112 valence electrons. The molecule has 2 nitrogen and oxygen atoms in total. The van der Waals surface area contributed by atoms with Gasteiger partial charge in [-0.1, -0.05) is 41.5 Å². The van der Waals surface area contributed by atoms with Crippen molar-refractivity contribution in [2.45, 2.75) is 72.7 Å². The molecule has 0 rings (SSSR count). The van der Waals surface area contributed by atoms with Gasteiger partial charge >= 0.3 is 0 Å². The fraction of sp³-hybridized carbons (Fsp3) is 0.812. The molecule has 0 aromatic carbocycles. The van der Waals surface area contributed by atoms with E-state index in [9.17, 15) is 5.11 Å². The van der Waals surface area contributed by atoms with E-state index in [0.717, 1.165) is 5.57 Å². The second kappa shape index (κ2) is 6.40. The molecule has 0 radical (unpaired) electrons. The molecule has 0 spiro atoms. The zero-order chi connectivity index (χ0) is 15.5. The van der Waals surface area contributed by atoms with Crippen LogP contribution in [-0.2, 0) is 4.43 Å². The lowest BCUT2D eigenvalue weighted by atomic mass is 9.96. The summed E-state index contributed by atoms with van der Waals surface area (Å²) in [7, 11) is -1.78. The molecule has 0 heterocycles. The van der Waals surface area contributed by atoms with E-state index in [0.29, 0.717) is 6.61 Å². The maximum absolute atomic E-state index is 10.1. The Balaban J connectivity index is 4.65. The smallest absolute Gasteiger partial charge is 0.192 e. The molecule has 0 unspecified atom stereocenters. The second-order valence-corrected chi connectivity index (χ2v) is 12.7. The fourth-order valence-corrected chi connectivity index (χ4v) is 2.06. The van der Waals surface area contributed by atoms with E-state index in [-0.39, 0.29) is 10.5 Å². The van der Waals surface area contributed by atoms with Crippen molar-refractivity contribution >= 4 is 8.32 Å². The maximum atomic E-state index is 10.1. The predicted molar refractivity (Wildman–Crippen MR) is 85.9 cm³/mol. The SMILES string of the molecule is CC(=C=CC(C)(C)C)[C@@H](O)CO[Si](C)(C)C(C)(C)C. The minimum absolute atomic E-state index is 0.0846. The Morgan fingerprint density at radius 2 is 1.68 bits per heavy atom. The average Bonchev–Trinajstić information content (AvgIpc) is 2.19. The van der Waals surface area contributed by atoms with Crippen molar-refractivity contribution in [1.29, 1.82) is 0 Å². The lowest BCUT2D eigenvalue weighted by Gasteiger charge is -2.36. The van der Waals surface area contributed by atoms with E-state index in [1.54, 1.807) is 0 Å². The van der Waals surface area contributed by atoms with E-state index in [1.807, 2.05) is 13.0 Å². The van der Waals surface area contributed by atoms with Crippen molar-refractivity contribution in [2.24, 2.45) is 5.41 Å². The van der Waals surface area contributed by atoms with E-state index in [2.05, 4.69) is 60.4 Å². The number of aliphatic hydroxyl groups is 1. The Bertz CT molecular complexity index is 350. The van der Waals surface area contributed by atoms with Crippen LogP contribution in [0.4, 0.5) is 0 Å². The summed E-state index contributed by atoms with van der Waals surface area (Å²) in [6.45, 7) is 19.6. The number of aliphatic hydroxyl groups excluding tert-OH is 1. The summed E-state index contributed by atoms with van der Waals surface area (Å²) >= 11 is 0. The van der Waals surface area contributed by atoms with Crippen LogP contribution in [0.15, 0.2) is 17.4 Å². The van der Waals surface area contributed by atoms with Gasteiger partial charge in [-0.2, -0.15) is 0 Å². The van der Waals surface area contributed by atoms with Gasteiger partial charge in [-0.25, -0.2) is 0 Å². The van der Waals surface area contributed by atoms with Gasteiger partial charge in [-0.05, 0) is 42.1 Å². The third-order valence-corrected chi connectivity index (χ3v) is 8.14. The summed E-state index contributed by atoms with van der Waals surface area (Å²) in [4.78, 5) is 0. The van der Waals surface area contributed by atoms with Gasteiger partial charge in [0.15, 0.2) is 8.32 Å². The second-order valence-electron chi connectivity index (χ2n) is 7.92. The summed E-state index contributed by atoms with van der Waals surface area (Å²) < 4.78 is 6.02. The third-order valence-electron chi connectivity index (χ3n) is 3.64. The lowest BCUT2D eigenvalue weighted by molar-refractivity contribution is 0.127. The summed E-state index contributed by atoms with van der Waals surface area (Å²) in [5.74, 6) is 0. The number of hydrogen-bond donors (Lipinski definition) is 1. The Hall–Kier alpha value is -0.343. The van der Waals surface area contributed by atoms with Crippen molar-refractivity contribution in [3.63, 3.8) is 0 Å². The van der Waals surface area contributed by atoms with E-state index >= 15 is 0 Å². The van der Waals surface area contributed by atoms with Gasteiger partial charge in [-0.3, -0.25) is 0 Å². The van der Waals surface area contributed by atoms with Gasteiger partial charge in [0.05, 0.1) is 6.61 Å². The van der Waals surface area contributed by atoms with Crippen LogP contribution < -0.4 is 0 Å². The van der Waals surface area contributed by atoms with Crippen LogP contribution in [-0.4, -0.2) is 26.1 Å². The third kappa shape index (κ3) is 7.12. The normalized spacial score (nSPS) is 14.8. The minimum atomic E-state index is -1.78. The molecular formula is C16H32O2Si. The summed E-state index contributed by atoms with van der Waals surface area (Å²) in [5, 5.41) is 10.3. The molecule has 0 saturated heterocycles. The molecule has 0 amide bonds. The first kappa shape index (κ1) is 18.7. The van der Waals surface area contributed by atoms with Crippen LogP contribution in [0, 0.1) is 5.41 Å². The lowest BCUT2D eigenvalue weighted by Crippen LogP contribution is -2.42. The minimum Gasteiger partial charge on any atom is -0.414 e.